The first kappa shape index (κ1) is 15.6. The largest absolute Gasteiger partial charge is 0.481 e. The minimum Gasteiger partial charge on any atom is -0.481 e. The molecule has 1 rings (SSSR count). The van der Waals surface area contributed by atoms with Crippen molar-refractivity contribution in [3.63, 3.8) is 0 Å². The predicted molar refractivity (Wildman–Crippen MR) is 71.2 cm³/mol. The van der Waals surface area contributed by atoms with Crippen molar-refractivity contribution in [1.82, 2.24) is 0 Å². The number of benzene rings is 1. The van der Waals surface area contributed by atoms with Crippen LogP contribution in [0.1, 0.15) is 45.1 Å². The second-order valence-electron chi connectivity index (χ2n) is 4.82. The number of halogens is 1. The Morgan fingerprint density at radius 1 is 1.42 bits per heavy atom. The van der Waals surface area contributed by atoms with Crippen LogP contribution in [0.3, 0.4) is 0 Å². The highest BCUT2D eigenvalue weighted by Gasteiger charge is 2.41. The summed E-state index contributed by atoms with van der Waals surface area (Å²) in [5.41, 5.74) is -1.19. The third kappa shape index (κ3) is 3.53. The van der Waals surface area contributed by atoms with Gasteiger partial charge >= 0.3 is 5.97 Å². The zero-order valence-corrected chi connectivity index (χ0v) is 11.4. The third-order valence-electron chi connectivity index (χ3n) is 3.58. The highest BCUT2D eigenvalue weighted by atomic mass is 19.1. The van der Waals surface area contributed by atoms with Gasteiger partial charge in [0.1, 0.15) is 11.4 Å². The average molecular weight is 268 g/mol. The molecule has 0 aliphatic heterocycles. The topological polar surface area (TPSA) is 57.5 Å². The van der Waals surface area contributed by atoms with Crippen molar-refractivity contribution in [2.45, 2.75) is 45.1 Å². The molecule has 106 valence electrons. The number of aliphatic carboxylic acids is 1. The number of hydrogen-bond donors (Lipinski definition) is 2. The standard InChI is InChI=1S/C15H21FO3/c1-3-5-9-13(14(17)18)15(19,4-2)11-7-6-8-12(16)10-11/h6-8,10,13,19H,3-5,9H2,1-2H3,(H,17,18). The van der Waals surface area contributed by atoms with Crippen LogP contribution < -0.4 is 0 Å². The molecule has 1 aromatic carbocycles. The number of carboxylic acid groups (broad SMARTS) is 1. The van der Waals surface area contributed by atoms with E-state index >= 15 is 0 Å². The normalized spacial score (nSPS) is 15.8. The van der Waals surface area contributed by atoms with Gasteiger partial charge in [0, 0.05) is 0 Å². The zero-order chi connectivity index (χ0) is 14.5. The Morgan fingerprint density at radius 2 is 2.11 bits per heavy atom. The Kier molecular flexibility index (Phi) is 5.48. The Hall–Kier alpha value is -1.42. The summed E-state index contributed by atoms with van der Waals surface area (Å²) in [7, 11) is 0. The van der Waals surface area contributed by atoms with Crippen LogP contribution in [0.5, 0.6) is 0 Å². The Balaban J connectivity index is 3.15. The number of unbranched alkanes of at least 4 members (excludes halogenated alkanes) is 1. The highest BCUT2D eigenvalue weighted by molar-refractivity contribution is 5.72. The minimum atomic E-state index is -1.52. The molecule has 4 heteroatoms. The molecule has 1 aromatic rings. The van der Waals surface area contributed by atoms with Crippen molar-refractivity contribution in [3.05, 3.63) is 35.6 Å². The maximum atomic E-state index is 13.3. The lowest BCUT2D eigenvalue weighted by Crippen LogP contribution is -2.39. The third-order valence-corrected chi connectivity index (χ3v) is 3.58. The molecule has 19 heavy (non-hydrogen) atoms. The van der Waals surface area contributed by atoms with E-state index in [1.807, 2.05) is 6.92 Å². The van der Waals surface area contributed by atoms with Crippen molar-refractivity contribution in [2.24, 2.45) is 5.92 Å². The molecule has 2 atom stereocenters. The first-order valence-corrected chi connectivity index (χ1v) is 6.67. The summed E-state index contributed by atoms with van der Waals surface area (Å²) in [6.45, 7) is 3.68. The van der Waals surface area contributed by atoms with Crippen LogP contribution in [0, 0.1) is 11.7 Å². The highest BCUT2D eigenvalue weighted by Crippen LogP contribution is 2.36. The van der Waals surface area contributed by atoms with Crippen molar-refractivity contribution in [1.29, 1.82) is 0 Å². The second kappa shape index (κ2) is 6.66. The first-order valence-electron chi connectivity index (χ1n) is 6.67. The van der Waals surface area contributed by atoms with Crippen LogP contribution in [0.4, 0.5) is 4.39 Å². The summed E-state index contributed by atoms with van der Waals surface area (Å²) < 4.78 is 13.3. The van der Waals surface area contributed by atoms with Gasteiger partial charge in [-0.2, -0.15) is 0 Å². The minimum absolute atomic E-state index is 0.233. The fourth-order valence-electron chi connectivity index (χ4n) is 2.38. The fourth-order valence-corrected chi connectivity index (χ4v) is 2.38. The first-order chi connectivity index (χ1) is 8.95. The molecule has 0 heterocycles. The van der Waals surface area contributed by atoms with E-state index in [1.54, 1.807) is 13.0 Å². The Morgan fingerprint density at radius 3 is 2.58 bits per heavy atom. The van der Waals surface area contributed by atoms with Gasteiger partial charge in [-0.3, -0.25) is 4.79 Å². The van der Waals surface area contributed by atoms with Crippen LogP contribution in [0.2, 0.25) is 0 Å². The Labute approximate surface area is 113 Å². The van der Waals surface area contributed by atoms with Crippen molar-refractivity contribution in [2.75, 3.05) is 0 Å². The lowest BCUT2D eigenvalue weighted by atomic mass is 9.77. The second-order valence-corrected chi connectivity index (χ2v) is 4.82. The van der Waals surface area contributed by atoms with E-state index in [1.165, 1.54) is 18.2 Å². The monoisotopic (exact) mass is 268 g/mol. The molecule has 0 radical (unpaired) electrons. The molecule has 2 unspecified atom stereocenters. The SMILES string of the molecule is CCCCC(C(=O)O)C(O)(CC)c1cccc(F)c1. The van der Waals surface area contributed by atoms with Gasteiger partial charge in [0.25, 0.3) is 0 Å². The molecule has 0 saturated heterocycles. The molecule has 0 aliphatic carbocycles. The molecule has 2 N–H and O–H groups in total. The quantitative estimate of drug-likeness (QED) is 0.797. The summed E-state index contributed by atoms with van der Waals surface area (Å²) in [6.07, 6.45) is 2.19. The van der Waals surface area contributed by atoms with Crippen molar-refractivity contribution >= 4 is 5.97 Å². The van der Waals surface area contributed by atoms with Crippen LogP contribution in [-0.2, 0) is 10.4 Å². The lowest BCUT2D eigenvalue weighted by Gasteiger charge is -2.33. The number of carbonyl (C=O) groups is 1. The van der Waals surface area contributed by atoms with Gasteiger partial charge in [0.2, 0.25) is 0 Å². The Bertz CT molecular complexity index is 433. The maximum Gasteiger partial charge on any atom is 0.309 e. The number of rotatable bonds is 7. The van der Waals surface area contributed by atoms with Gasteiger partial charge in [0.05, 0.1) is 5.92 Å². The molecule has 0 saturated carbocycles. The van der Waals surface area contributed by atoms with Gasteiger partial charge < -0.3 is 10.2 Å². The van der Waals surface area contributed by atoms with Crippen molar-refractivity contribution in [3.8, 4) is 0 Å². The van der Waals surface area contributed by atoms with Gasteiger partial charge in [-0.15, -0.1) is 0 Å². The van der Waals surface area contributed by atoms with Crippen LogP contribution in [-0.4, -0.2) is 16.2 Å². The predicted octanol–water partition coefficient (Wildman–Crippen LogP) is 3.31. The van der Waals surface area contributed by atoms with Gasteiger partial charge in [-0.05, 0) is 30.5 Å². The molecule has 0 fully saturated rings. The summed E-state index contributed by atoms with van der Waals surface area (Å²) in [6, 6.07) is 5.56. The van der Waals surface area contributed by atoms with E-state index in [-0.39, 0.29) is 6.42 Å². The lowest BCUT2D eigenvalue weighted by molar-refractivity contribution is -0.154. The molecule has 0 aromatic heterocycles. The maximum absolute atomic E-state index is 13.3. The van der Waals surface area contributed by atoms with Gasteiger partial charge in [0.15, 0.2) is 0 Å². The number of hydrogen-bond acceptors (Lipinski definition) is 2. The molecule has 0 amide bonds. The van der Waals surface area contributed by atoms with Gasteiger partial charge in [-0.1, -0.05) is 38.8 Å². The summed E-state index contributed by atoms with van der Waals surface area (Å²) in [5.74, 6) is -2.43. The molecular formula is C15H21FO3. The van der Waals surface area contributed by atoms with E-state index in [9.17, 15) is 19.4 Å². The van der Waals surface area contributed by atoms with E-state index in [4.69, 9.17) is 0 Å². The number of carboxylic acids is 1. The summed E-state index contributed by atoms with van der Waals surface area (Å²) >= 11 is 0. The molecular weight excluding hydrogens is 247 g/mol. The smallest absolute Gasteiger partial charge is 0.309 e. The van der Waals surface area contributed by atoms with E-state index in [0.29, 0.717) is 18.4 Å². The summed E-state index contributed by atoms with van der Waals surface area (Å²) in [5, 5.41) is 20.1. The number of aliphatic hydroxyl groups is 1. The van der Waals surface area contributed by atoms with E-state index in [0.717, 1.165) is 6.42 Å². The van der Waals surface area contributed by atoms with Crippen molar-refractivity contribution < 1.29 is 19.4 Å². The van der Waals surface area contributed by atoms with Crippen LogP contribution in [0.15, 0.2) is 24.3 Å². The van der Waals surface area contributed by atoms with Crippen LogP contribution in [0.25, 0.3) is 0 Å². The van der Waals surface area contributed by atoms with E-state index in [2.05, 4.69) is 0 Å². The van der Waals surface area contributed by atoms with Gasteiger partial charge in [-0.25, -0.2) is 4.39 Å². The van der Waals surface area contributed by atoms with Crippen LogP contribution >= 0.6 is 0 Å². The zero-order valence-electron chi connectivity index (χ0n) is 11.4. The molecule has 0 bridgehead atoms. The van der Waals surface area contributed by atoms with E-state index < -0.39 is 23.3 Å². The fraction of sp³-hybridized carbons (Fsp3) is 0.533. The summed E-state index contributed by atoms with van der Waals surface area (Å²) in [4.78, 5) is 11.4. The molecule has 0 spiro atoms. The average Bonchev–Trinajstić information content (AvgIpc) is 2.38. The molecule has 0 aliphatic rings. The molecule has 3 nitrogen and oxygen atoms in total.